The van der Waals surface area contributed by atoms with Crippen LogP contribution in [0.2, 0.25) is 0 Å². The molecule has 0 atom stereocenters. The number of nitrogens with zero attached hydrogens (tertiary/aromatic N) is 1. The van der Waals surface area contributed by atoms with Crippen LogP contribution in [0.4, 0.5) is 17.1 Å². The summed E-state index contributed by atoms with van der Waals surface area (Å²) in [5.74, 6) is 3.32. The molecule has 11 aromatic carbocycles. The summed E-state index contributed by atoms with van der Waals surface area (Å²) < 4.78 is 20.8. The van der Waals surface area contributed by atoms with E-state index in [9.17, 15) is 0 Å². The lowest BCUT2D eigenvalue weighted by atomic mass is 9.62. The summed E-state index contributed by atoms with van der Waals surface area (Å²) in [4.78, 5) is 2.33. The molecule has 4 heteroatoms. The van der Waals surface area contributed by atoms with Crippen molar-refractivity contribution in [3.8, 4) is 56.4 Å². The molecule has 12 aromatic rings. The van der Waals surface area contributed by atoms with Crippen molar-refractivity contribution in [1.29, 1.82) is 0 Å². The third-order valence-corrected chi connectivity index (χ3v) is 14.2. The number of furan rings is 1. The fraction of sp³-hybridized carbons (Fsp3) is 0.0154. The third-order valence-electron chi connectivity index (χ3n) is 14.2. The van der Waals surface area contributed by atoms with Crippen molar-refractivity contribution < 1.29 is 13.9 Å². The fourth-order valence-electron chi connectivity index (χ4n) is 11.1. The highest BCUT2D eigenvalue weighted by atomic mass is 16.5. The summed E-state index contributed by atoms with van der Waals surface area (Å²) in [5, 5.41) is 4.40. The average Bonchev–Trinajstić information content (AvgIpc) is 3.82. The van der Waals surface area contributed by atoms with E-state index in [1.54, 1.807) is 0 Å². The van der Waals surface area contributed by atoms with Crippen molar-refractivity contribution in [3.63, 3.8) is 0 Å². The Labute approximate surface area is 399 Å². The van der Waals surface area contributed by atoms with Gasteiger partial charge in [-0.25, -0.2) is 0 Å². The zero-order valence-electron chi connectivity index (χ0n) is 37.3. The minimum atomic E-state index is -0.694. The predicted octanol–water partition coefficient (Wildman–Crippen LogP) is 17.8. The maximum absolute atomic E-state index is 7.13. The average molecular weight is 884 g/mol. The largest absolute Gasteiger partial charge is 0.457 e. The molecule has 14 rings (SSSR count). The van der Waals surface area contributed by atoms with Gasteiger partial charge in [0, 0.05) is 55.4 Å². The Morgan fingerprint density at radius 2 is 0.841 bits per heavy atom. The number of hydrogen-bond acceptors (Lipinski definition) is 4. The van der Waals surface area contributed by atoms with Crippen molar-refractivity contribution in [2.45, 2.75) is 5.41 Å². The van der Waals surface area contributed by atoms with Crippen molar-refractivity contribution in [1.82, 2.24) is 0 Å². The van der Waals surface area contributed by atoms with Crippen LogP contribution < -0.4 is 14.4 Å². The van der Waals surface area contributed by atoms with Crippen molar-refractivity contribution in [2.24, 2.45) is 0 Å². The van der Waals surface area contributed by atoms with Crippen LogP contribution in [0.1, 0.15) is 22.3 Å². The van der Waals surface area contributed by atoms with Gasteiger partial charge in [-0.05, 0) is 87.8 Å². The second kappa shape index (κ2) is 15.5. The molecule has 0 bridgehead atoms. The van der Waals surface area contributed by atoms with E-state index in [4.69, 9.17) is 13.9 Å². The summed E-state index contributed by atoms with van der Waals surface area (Å²) in [6.45, 7) is 0. The molecule has 1 aromatic heterocycles. The van der Waals surface area contributed by atoms with Gasteiger partial charge >= 0.3 is 0 Å². The van der Waals surface area contributed by atoms with Gasteiger partial charge in [-0.15, -0.1) is 0 Å². The first kappa shape index (κ1) is 39.1. The molecular weight excluding hydrogens is 843 g/mol. The van der Waals surface area contributed by atoms with Gasteiger partial charge in [0.15, 0.2) is 5.58 Å². The van der Waals surface area contributed by atoms with Crippen LogP contribution in [0, 0.1) is 0 Å². The number of benzene rings is 11. The van der Waals surface area contributed by atoms with Crippen molar-refractivity contribution >= 4 is 49.8 Å². The zero-order valence-corrected chi connectivity index (χ0v) is 37.3. The standard InChI is InChI=1S/C65H41NO3/c1-2-15-42(16-3-1)43-31-33-44(34-32-43)45-35-38-48(39-36-45)66(58-27-14-22-52-53-40-37-46-17-4-5-20-50(46)62(53)69-64(52)58)49-19-12-18-47(41-49)51-21-13-26-57-63(51)68-61-30-11-8-25-56(61)65(57)54-23-6-9-28-59(54)67-60-29-10-7-24-55(60)65/h1-41H. The molecule has 4 nitrogen and oxygen atoms in total. The lowest BCUT2D eigenvalue weighted by molar-refractivity contribution is 0.400. The third kappa shape index (κ3) is 6.02. The molecule has 0 N–H and O–H groups in total. The van der Waals surface area contributed by atoms with E-state index in [0.717, 1.165) is 117 Å². The Hall–Kier alpha value is -9.12. The van der Waals surface area contributed by atoms with Gasteiger partial charge in [-0.2, -0.15) is 0 Å². The second-order valence-corrected chi connectivity index (χ2v) is 17.9. The Morgan fingerprint density at radius 3 is 1.55 bits per heavy atom. The maximum atomic E-state index is 7.13. The van der Waals surface area contributed by atoms with Gasteiger partial charge in [-0.1, -0.05) is 194 Å². The summed E-state index contributed by atoms with van der Waals surface area (Å²) in [5.41, 5.74) is 15.0. The van der Waals surface area contributed by atoms with Crippen LogP contribution in [0.5, 0.6) is 23.0 Å². The zero-order chi connectivity index (χ0) is 45.5. The van der Waals surface area contributed by atoms with Gasteiger partial charge in [-0.3, -0.25) is 0 Å². The van der Waals surface area contributed by atoms with E-state index in [1.165, 1.54) is 11.1 Å². The van der Waals surface area contributed by atoms with E-state index >= 15 is 0 Å². The van der Waals surface area contributed by atoms with Crippen LogP contribution in [-0.4, -0.2) is 0 Å². The summed E-state index contributed by atoms with van der Waals surface area (Å²) in [6.07, 6.45) is 0. The van der Waals surface area contributed by atoms with E-state index in [0.29, 0.717) is 0 Å². The van der Waals surface area contributed by atoms with Crippen molar-refractivity contribution in [2.75, 3.05) is 4.90 Å². The van der Waals surface area contributed by atoms with Gasteiger partial charge < -0.3 is 18.8 Å². The molecule has 2 aliphatic heterocycles. The van der Waals surface area contributed by atoms with Crippen LogP contribution in [0.15, 0.2) is 253 Å². The van der Waals surface area contributed by atoms with Gasteiger partial charge in [0.05, 0.1) is 11.1 Å². The van der Waals surface area contributed by atoms with Crippen LogP contribution in [0.25, 0.3) is 66.1 Å². The Balaban J connectivity index is 0.948. The molecule has 324 valence electrons. The van der Waals surface area contributed by atoms with Gasteiger partial charge in [0.2, 0.25) is 0 Å². The molecule has 0 amide bonds. The monoisotopic (exact) mass is 883 g/mol. The molecule has 69 heavy (non-hydrogen) atoms. The lowest BCUT2D eigenvalue weighted by Gasteiger charge is -2.45. The van der Waals surface area contributed by atoms with E-state index < -0.39 is 5.41 Å². The summed E-state index contributed by atoms with van der Waals surface area (Å²) in [6, 6.07) is 88.3. The molecule has 3 heterocycles. The number of hydrogen-bond donors (Lipinski definition) is 0. The first-order chi connectivity index (χ1) is 34.2. The highest BCUT2D eigenvalue weighted by molar-refractivity contribution is 6.17. The van der Waals surface area contributed by atoms with Gasteiger partial charge in [0.1, 0.15) is 28.6 Å². The summed E-state index contributed by atoms with van der Waals surface area (Å²) >= 11 is 0. The molecule has 0 aliphatic carbocycles. The van der Waals surface area contributed by atoms with E-state index in [2.05, 4.69) is 241 Å². The maximum Gasteiger partial charge on any atom is 0.159 e. The topological polar surface area (TPSA) is 34.8 Å². The molecule has 0 saturated heterocycles. The second-order valence-electron chi connectivity index (χ2n) is 17.9. The van der Waals surface area contributed by atoms with E-state index in [-0.39, 0.29) is 0 Å². The highest BCUT2D eigenvalue weighted by Crippen LogP contribution is 2.62. The minimum Gasteiger partial charge on any atom is -0.457 e. The molecule has 0 radical (unpaired) electrons. The Kier molecular flexibility index (Phi) is 8.77. The molecule has 0 saturated carbocycles. The molecular formula is C65H41NO3. The van der Waals surface area contributed by atoms with E-state index in [1.807, 2.05) is 12.1 Å². The Morgan fingerprint density at radius 1 is 0.319 bits per heavy atom. The smallest absolute Gasteiger partial charge is 0.159 e. The quantitative estimate of drug-likeness (QED) is 0.167. The minimum absolute atomic E-state index is 0.694. The number of rotatable bonds is 6. The predicted molar refractivity (Wildman–Crippen MR) is 281 cm³/mol. The normalized spacial score (nSPS) is 13.0. The number of ether oxygens (including phenoxy) is 2. The van der Waals surface area contributed by atoms with Crippen molar-refractivity contribution in [3.05, 3.63) is 271 Å². The Bertz CT molecular complexity index is 3900. The highest BCUT2D eigenvalue weighted by Gasteiger charge is 2.50. The van der Waals surface area contributed by atoms with Gasteiger partial charge in [0.25, 0.3) is 0 Å². The van der Waals surface area contributed by atoms with Crippen LogP contribution >= 0.6 is 0 Å². The molecule has 0 fully saturated rings. The molecule has 0 unspecified atom stereocenters. The lowest BCUT2D eigenvalue weighted by Crippen LogP contribution is -2.36. The fourth-order valence-corrected chi connectivity index (χ4v) is 11.1. The first-order valence-electron chi connectivity index (χ1n) is 23.5. The van der Waals surface area contributed by atoms with Crippen LogP contribution in [-0.2, 0) is 5.41 Å². The number of para-hydroxylation sites is 5. The first-order valence-corrected chi connectivity index (χ1v) is 23.5. The van der Waals surface area contributed by atoms with Crippen LogP contribution in [0.3, 0.4) is 0 Å². The molecule has 1 spiro atoms. The summed E-state index contributed by atoms with van der Waals surface area (Å²) in [7, 11) is 0. The molecule has 2 aliphatic rings. The number of anilines is 3. The SMILES string of the molecule is c1ccc(-c2ccc(-c3ccc(N(c4cccc(-c5cccc6c5Oc5ccccc5C65c6ccccc6Oc6ccccc65)c4)c4cccc5c4oc4c6ccccc6ccc54)cc3)cc2)cc1. The number of fused-ring (bicyclic) bond motifs is 13.